The van der Waals surface area contributed by atoms with Crippen molar-refractivity contribution in [1.82, 2.24) is 9.97 Å². The molecule has 0 amide bonds. The molecule has 4 nitrogen and oxygen atoms in total. The molecule has 0 spiro atoms. The van der Waals surface area contributed by atoms with E-state index in [1.807, 2.05) is 78.9 Å². The number of anilines is 2. The molecule has 0 aliphatic rings. The molecule has 1 aromatic heterocycles. The Kier molecular flexibility index (Phi) is 10.1. The van der Waals surface area contributed by atoms with E-state index >= 15 is 0 Å². The van der Waals surface area contributed by atoms with E-state index in [2.05, 4.69) is 157 Å². The van der Waals surface area contributed by atoms with Gasteiger partial charge in [0, 0.05) is 38.9 Å². The Labute approximate surface area is 356 Å². The molecular formula is C57H40N4. The average molecular weight is 781 g/mol. The molecule has 4 heteroatoms. The summed E-state index contributed by atoms with van der Waals surface area (Å²) in [5.41, 5.74) is 15.1. The Morgan fingerprint density at radius 1 is 0.377 bits per heavy atom. The Hall–Kier alpha value is -8.21. The molecule has 0 saturated carbocycles. The molecule has 288 valence electrons. The van der Waals surface area contributed by atoms with Crippen molar-refractivity contribution in [1.29, 1.82) is 5.41 Å². The lowest BCUT2D eigenvalue weighted by atomic mass is 9.87. The number of aromatic nitrogens is 2. The number of nitrogens with one attached hydrogen (secondary N) is 2. The lowest BCUT2D eigenvalue weighted by molar-refractivity contribution is 1.18. The van der Waals surface area contributed by atoms with Gasteiger partial charge in [-0.2, -0.15) is 0 Å². The van der Waals surface area contributed by atoms with Gasteiger partial charge in [0.2, 0.25) is 0 Å². The van der Waals surface area contributed by atoms with Crippen LogP contribution >= 0.6 is 0 Å². The van der Waals surface area contributed by atoms with Crippen LogP contribution in [0, 0.1) is 5.41 Å². The molecule has 0 saturated heterocycles. The minimum atomic E-state index is 0.454. The molecule has 9 aromatic carbocycles. The van der Waals surface area contributed by atoms with Gasteiger partial charge < -0.3 is 5.32 Å². The summed E-state index contributed by atoms with van der Waals surface area (Å²) in [7, 11) is 0. The van der Waals surface area contributed by atoms with Gasteiger partial charge in [0.15, 0.2) is 5.82 Å². The van der Waals surface area contributed by atoms with E-state index in [0.29, 0.717) is 11.5 Å². The smallest absolute Gasteiger partial charge is 0.160 e. The molecular weight excluding hydrogens is 741 g/mol. The molecule has 61 heavy (non-hydrogen) atoms. The third-order valence-corrected chi connectivity index (χ3v) is 11.1. The zero-order chi connectivity index (χ0) is 41.0. The first kappa shape index (κ1) is 37.1. The molecule has 0 radical (unpaired) electrons. The van der Waals surface area contributed by atoms with Crippen LogP contribution in [0.15, 0.2) is 231 Å². The lowest BCUT2D eigenvalue weighted by Crippen LogP contribution is -2.09. The van der Waals surface area contributed by atoms with Crippen molar-refractivity contribution in [2.75, 3.05) is 5.32 Å². The largest absolute Gasteiger partial charge is 0.354 e. The number of para-hydroxylation sites is 1. The maximum Gasteiger partial charge on any atom is 0.160 e. The van der Waals surface area contributed by atoms with Crippen LogP contribution < -0.4 is 5.32 Å². The molecule has 0 unspecified atom stereocenters. The zero-order valence-electron chi connectivity index (χ0n) is 33.3. The predicted molar refractivity (Wildman–Crippen MR) is 254 cm³/mol. The number of rotatable bonds is 10. The highest BCUT2D eigenvalue weighted by Crippen LogP contribution is 2.41. The van der Waals surface area contributed by atoms with Gasteiger partial charge in [-0.25, -0.2) is 9.97 Å². The lowest BCUT2D eigenvalue weighted by Gasteiger charge is -2.21. The highest BCUT2D eigenvalue weighted by Gasteiger charge is 2.21. The van der Waals surface area contributed by atoms with Gasteiger partial charge in [0.05, 0.1) is 22.8 Å². The minimum Gasteiger partial charge on any atom is -0.354 e. The normalized spacial score (nSPS) is 11.0. The summed E-state index contributed by atoms with van der Waals surface area (Å²) in [6.07, 6.45) is 0. The third kappa shape index (κ3) is 7.74. The Morgan fingerprint density at radius 3 is 1.54 bits per heavy atom. The third-order valence-electron chi connectivity index (χ3n) is 11.1. The van der Waals surface area contributed by atoms with Crippen molar-refractivity contribution < 1.29 is 0 Å². The number of fused-ring (bicyclic) bond motifs is 1. The quantitative estimate of drug-likeness (QED) is 0.136. The SMILES string of the molecule is N=C(c1ccccc1)c1c(-c2ccccc2)cc2ccc(-c3cccc(-c4cc(-c5ccccc5)nc(-c5cccc(-c6ccccc6)c5)n4)c3)cc2c1Nc1ccccc1. The fourth-order valence-corrected chi connectivity index (χ4v) is 8.03. The highest BCUT2D eigenvalue weighted by molar-refractivity contribution is 6.22. The maximum atomic E-state index is 9.75. The van der Waals surface area contributed by atoms with E-state index in [-0.39, 0.29) is 0 Å². The molecule has 0 aliphatic heterocycles. The number of benzene rings is 9. The van der Waals surface area contributed by atoms with Crippen molar-refractivity contribution in [3.8, 4) is 67.3 Å². The van der Waals surface area contributed by atoms with Crippen LogP contribution in [-0.4, -0.2) is 15.7 Å². The van der Waals surface area contributed by atoms with Gasteiger partial charge in [-0.15, -0.1) is 0 Å². The minimum absolute atomic E-state index is 0.454. The maximum absolute atomic E-state index is 9.75. The Bertz CT molecular complexity index is 3150. The first-order chi connectivity index (χ1) is 30.1. The highest BCUT2D eigenvalue weighted by atomic mass is 14.9. The van der Waals surface area contributed by atoms with E-state index in [9.17, 15) is 5.41 Å². The Balaban J connectivity index is 1.13. The van der Waals surface area contributed by atoms with E-state index < -0.39 is 0 Å². The molecule has 0 aliphatic carbocycles. The van der Waals surface area contributed by atoms with Gasteiger partial charge in [-0.05, 0) is 81.2 Å². The molecule has 2 N–H and O–H groups in total. The van der Waals surface area contributed by atoms with Crippen LogP contribution in [0.4, 0.5) is 11.4 Å². The summed E-state index contributed by atoms with van der Waals surface area (Å²) in [5, 5.41) is 15.6. The summed E-state index contributed by atoms with van der Waals surface area (Å²) in [6, 6.07) is 79.4. The monoisotopic (exact) mass is 780 g/mol. The van der Waals surface area contributed by atoms with E-state index in [0.717, 1.165) is 94.7 Å². The van der Waals surface area contributed by atoms with Crippen LogP contribution in [0.3, 0.4) is 0 Å². The first-order valence-corrected chi connectivity index (χ1v) is 20.5. The van der Waals surface area contributed by atoms with Crippen molar-refractivity contribution in [2.45, 2.75) is 0 Å². The van der Waals surface area contributed by atoms with Gasteiger partial charge in [0.1, 0.15) is 0 Å². The van der Waals surface area contributed by atoms with Crippen LogP contribution in [0.5, 0.6) is 0 Å². The second kappa shape index (κ2) is 16.6. The molecule has 10 aromatic rings. The number of hydrogen-bond donors (Lipinski definition) is 2. The van der Waals surface area contributed by atoms with Crippen LogP contribution in [0.25, 0.3) is 78.1 Å². The number of hydrogen-bond acceptors (Lipinski definition) is 4. The summed E-state index contributed by atoms with van der Waals surface area (Å²) in [5.74, 6) is 0.671. The fraction of sp³-hybridized carbons (Fsp3) is 0. The van der Waals surface area contributed by atoms with Crippen molar-refractivity contribution in [3.05, 3.63) is 242 Å². The van der Waals surface area contributed by atoms with Crippen molar-refractivity contribution >= 4 is 27.9 Å². The molecule has 0 atom stereocenters. The van der Waals surface area contributed by atoms with Crippen molar-refractivity contribution in [3.63, 3.8) is 0 Å². The summed E-state index contributed by atoms with van der Waals surface area (Å²) < 4.78 is 0. The standard InChI is InChI=1S/C57H40N4/c58-55(42-24-12-4-13-25-42)54-50(40-20-8-2-9-21-40)37-46-33-32-45(36-51(46)56(54)59-49-30-14-5-15-31-49)44-27-16-28-47(34-44)53-38-52(41-22-10-3-11-23-41)60-57(61-53)48-29-17-26-43(35-48)39-18-6-1-7-19-39/h1-38,58-59H. The van der Waals surface area contributed by atoms with Gasteiger partial charge in [-0.3, -0.25) is 5.41 Å². The molecule has 0 fully saturated rings. The predicted octanol–water partition coefficient (Wildman–Crippen LogP) is 14.8. The Morgan fingerprint density at radius 2 is 0.869 bits per heavy atom. The van der Waals surface area contributed by atoms with Crippen LogP contribution in [-0.2, 0) is 0 Å². The molecule has 1 heterocycles. The van der Waals surface area contributed by atoms with Crippen LogP contribution in [0.1, 0.15) is 11.1 Å². The van der Waals surface area contributed by atoms with Gasteiger partial charge in [0.25, 0.3) is 0 Å². The second-order valence-corrected chi connectivity index (χ2v) is 15.1. The topological polar surface area (TPSA) is 61.7 Å². The van der Waals surface area contributed by atoms with Gasteiger partial charge >= 0.3 is 0 Å². The zero-order valence-corrected chi connectivity index (χ0v) is 33.3. The first-order valence-electron chi connectivity index (χ1n) is 20.5. The van der Waals surface area contributed by atoms with E-state index in [1.54, 1.807) is 0 Å². The second-order valence-electron chi connectivity index (χ2n) is 15.1. The van der Waals surface area contributed by atoms with Crippen LogP contribution in [0.2, 0.25) is 0 Å². The van der Waals surface area contributed by atoms with Crippen molar-refractivity contribution in [2.24, 2.45) is 0 Å². The summed E-state index contributed by atoms with van der Waals surface area (Å²) in [6.45, 7) is 0. The molecule has 0 bridgehead atoms. The fourth-order valence-electron chi connectivity index (χ4n) is 8.03. The average Bonchev–Trinajstić information content (AvgIpc) is 3.35. The number of nitrogens with zero attached hydrogens (tertiary/aromatic N) is 2. The molecule has 10 rings (SSSR count). The summed E-state index contributed by atoms with van der Waals surface area (Å²) in [4.78, 5) is 10.4. The van der Waals surface area contributed by atoms with E-state index in [1.165, 1.54) is 0 Å². The van der Waals surface area contributed by atoms with Gasteiger partial charge in [-0.1, -0.05) is 188 Å². The van der Waals surface area contributed by atoms with E-state index in [4.69, 9.17) is 9.97 Å². The summed E-state index contributed by atoms with van der Waals surface area (Å²) >= 11 is 0.